The molecule has 0 aliphatic heterocycles. The number of rotatable bonds is 8. The summed E-state index contributed by atoms with van der Waals surface area (Å²) in [5, 5.41) is 9.16. The lowest BCUT2D eigenvalue weighted by molar-refractivity contribution is -0.156. The van der Waals surface area contributed by atoms with E-state index >= 15 is 0 Å². The van der Waals surface area contributed by atoms with Crippen molar-refractivity contribution in [2.24, 2.45) is 10.9 Å². The number of esters is 1. The molecule has 0 fully saturated rings. The van der Waals surface area contributed by atoms with Gasteiger partial charge in [-0.15, -0.1) is 0 Å². The number of hydrazone groups is 1. The average molecular weight is 459 g/mol. The fourth-order valence-electron chi connectivity index (χ4n) is 3.42. The minimum atomic E-state index is -0.567. The number of amides is 1. The first-order valence-corrected chi connectivity index (χ1v) is 11.0. The number of nitrogens with one attached hydrogen (secondary N) is 2. The van der Waals surface area contributed by atoms with Gasteiger partial charge in [0.15, 0.2) is 0 Å². The molecule has 4 N–H and O–H groups in total. The third-order valence-electron chi connectivity index (χ3n) is 4.98. The lowest BCUT2D eigenvalue weighted by Gasteiger charge is -2.24. The molecule has 0 heterocycles. The summed E-state index contributed by atoms with van der Waals surface area (Å²) in [6.45, 7) is 5.59. The maximum absolute atomic E-state index is 12.9. The van der Waals surface area contributed by atoms with Crippen LogP contribution in [0.3, 0.4) is 0 Å². The van der Waals surface area contributed by atoms with Crippen molar-refractivity contribution < 1.29 is 14.3 Å². The maximum atomic E-state index is 12.9. The van der Waals surface area contributed by atoms with Gasteiger partial charge in [-0.25, -0.2) is 0 Å². The Bertz CT molecular complexity index is 1140. The molecule has 3 rings (SSSR count). The fraction of sp³-hybridized carbons (Fsp3) is 0.222. The summed E-state index contributed by atoms with van der Waals surface area (Å²) in [5.41, 5.74) is 3.15. The Morgan fingerprint density at radius 1 is 0.971 bits per heavy atom. The summed E-state index contributed by atoms with van der Waals surface area (Å²) in [6.07, 6.45) is 1.83. The van der Waals surface area contributed by atoms with E-state index in [9.17, 15) is 9.59 Å². The van der Waals surface area contributed by atoms with Crippen molar-refractivity contribution in [1.82, 2.24) is 0 Å². The van der Waals surface area contributed by atoms with E-state index in [2.05, 4.69) is 15.7 Å². The van der Waals surface area contributed by atoms with Gasteiger partial charge in [0.2, 0.25) is 0 Å². The molecule has 0 spiro atoms. The van der Waals surface area contributed by atoms with Gasteiger partial charge in [0.1, 0.15) is 11.9 Å². The Morgan fingerprint density at radius 3 is 2.32 bits per heavy atom. The van der Waals surface area contributed by atoms with Crippen molar-refractivity contribution in [1.29, 1.82) is 0 Å². The largest absolute Gasteiger partial charge is 0.459 e. The van der Waals surface area contributed by atoms with Gasteiger partial charge < -0.3 is 21.2 Å². The molecule has 7 heteroatoms. The second-order valence-electron chi connectivity index (χ2n) is 8.86. The van der Waals surface area contributed by atoms with Crippen molar-refractivity contribution in [3.8, 4) is 0 Å². The van der Waals surface area contributed by atoms with Gasteiger partial charge in [0.25, 0.3) is 5.91 Å². The quantitative estimate of drug-likeness (QED) is 0.146. The van der Waals surface area contributed by atoms with Crippen molar-refractivity contribution in [3.05, 3.63) is 95.6 Å². The summed E-state index contributed by atoms with van der Waals surface area (Å²) < 4.78 is 5.67. The predicted octanol–water partition coefficient (Wildman–Crippen LogP) is 4.92. The lowest BCUT2D eigenvalue weighted by atomic mass is 9.91. The number of ether oxygens (including phenoxy) is 1. The van der Waals surface area contributed by atoms with E-state index in [1.165, 1.54) is 6.34 Å². The minimum Gasteiger partial charge on any atom is -0.459 e. The van der Waals surface area contributed by atoms with Gasteiger partial charge in [0.05, 0.1) is 5.92 Å². The Morgan fingerprint density at radius 2 is 1.68 bits per heavy atom. The lowest BCUT2D eigenvalue weighted by Crippen LogP contribution is -2.28. The van der Waals surface area contributed by atoms with E-state index in [0.717, 1.165) is 11.1 Å². The third kappa shape index (κ3) is 7.20. The maximum Gasteiger partial charge on any atom is 0.314 e. The second kappa shape index (κ2) is 11.1. The monoisotopic (exact) mass is 458 g/mol. The van der Waals surface area contributed by atoms with Crippen molar-refractivity contribution in [3.63, 3.8) is 0 Å². The predicted molar refractivity (Wildman–Crippen MR) is 136 cm³/mol. The Balaban J connectivity index is 1.71. The summed E-state index contributed by atoms with van der Waals surface area (Å²) in [7, 11) is 0. The Labute approximate surface area is 200 Å². The van der Waals surface area contributed by atoms with Crippen LogP contribution >= 0.6 is 0 Å². The van der Waals surface area contributed by atoms with Gasteiger partial charge in [-0.1, -0.05) is 48.5 Å². The molecule has 0 aliphatic carbocycles. The topological polar surface area (TPSA) is 106 Å². The number of carbonyl (C=O) groups is 2. The molecule has 0 saturated carbocycles. The molecule has 0 radical (unpaired) electrons. The van der Waals surface area contributed by atoms with Crippen LogP contribution in [-0.2, 0) is 16.0 Å². The molecule has 1 amide bonds. The molecule has 1 atom stereocenters. The van der Waals surface area contributed by atoms with Crippen molar-refractivity contribution >= 4 is 29.6 Å². The van der Waals surface area contributed by atoms with Crippen LogP contribution in [0.5, 0.6) is 0 Å². The zero-order chi connectivity index (χ0) is 24.6. The molecule has 3 aromatic carbocycles. The van der Waals surface area contributed by atoms with Gasteiger partial charge in [-0.2, -0.15) is 5.10 Å². The van der Waals surface area contributed by atoms with E-state index in [0.29, 0.717) is 23.4 Å². The first-order valence-electron chi connectivity index (χ1n) is 11.0. The first kappa shape index (κ1) is 24.5. The van der Waals surface area contributed by atoms with Crippen LogP contribution in [-0.4, -0.2) is 23.8 Å². The molecule has 0 aliphatic rings. The molecule has 176 valence electrons. The average Bonchev–Trinajstić information content (AvgIpc) is 2.81. The number of carbonyl (C=O) groups excluding carboxylic acids is 2. The molecule has 34 heavy (non-hydrogen) atoms. The highest BCUT2D eigenvalue weighted by atomic mass is 16.6. The standard InChI is InChI=1S/C27H30N4O3/c1-27(2,3)34-26(33)24(20-8-5-4-6-9-20)16-19-12-14-22(15-13-19)31-25(32)21-10-7-11-23(17-21)29-18-30-28/h4-15,17-18,24H,16,28H2,1-3H3,(H,29,30)(H,31,32). The van der Waals surface area contributed by atoms with E-state index in [4.69, 9.17) is 10.6 Å². The molecule has 0 saturated heterocycles. The van der Waals surface area contributed by atoms with Crippen LogP contribution in [0.4, 0.5) is 11.4 Å². The summed E-state index contributed by atoms with van der Waals surface area (Å²) >= 11 is 0. The summed E-state index contributed by atoms with van der Waals surface area (Å²) in [5.74, 6) is 4.18. The first-order chi connectivity index (χ1) is 16.2. The summed E-state index contributed by atoms with van der Waals surface area (Å²) in [4.78, 5) is 25.6. The van der Waals surface area contributed by atoms with E-state index in [-0.39, 0.29) is 11.9 Å². The van der Waals surface area contributed by atoms with Crippen LogP contribution in [0.2, 0.25) is 0 Å². The normalized spacial score (nSPS) is 12.2. The molecule has 0 bridgehead atoms. The SMILES string of the molecule is CC(C)(C)OC(=O)C(Cc1ccc(NC(=O)c2cccc(NC=NN)c2)cc1)c1ccccc1. The number of benzene rings is 3. The third-order valence-corrected chi connectivity index (χ3v) is 4.98. The summed E-state index contributed by atoms with van der Waals surface area (Å²) in [6, 6.07) is 24.1. The van der Waals surface area contributed by atoms with E-state index < -0.39 is 11.5 Å². The number of hydrogen-bond donors (Lipinski definition) is 3. The van der Waals surface area contributed by atoms with Crippen LogP contribution in [0.15, 0.2) is 84.0 Å². The molecular weight excluding hydrogens is 428 g/mol. The van der Waals surface area contributed by atoms with Gasteiger partial charge in [0, 0.05) is 16.9 Å². The van der Waals surface area contributed by atoms with E-state index in [1.54, 1.807) is 24.3 Å². The number of hydrogen-bond acceptors (Lipinski definition) is 5. The highest BCUT2D eigenvalue weighted by Gasteiger charge is 2.26. The molecule has 1 unspecified atom stereocenters. The smallest absolute Gasteiger partial charge is 0.314 e. The van der Waals surface area contributed by atoms with E-state index in [1.807, 2.05) is 75.4 Å². The van der Waals surface area contributed by atoms with Crippen LogP contribution in [0, 0.1) is 0 Å². The Hall–Kier alpha value is -4.13. The van der Waals surface area contributed by atoms with Crippen molar-refractivity contribution in [2.75, 3.05) is 10.6 Å². The fourth-order valence-corrected chi connectivity index (χ4v) is 3.42. The number of anilines is 2. The van der Waals surface area contributed by atoms with Crippen molar-refractivity contribution in [2.45, 2.75) is 38.7 Å². The van der Waals surface area contributed by atoms with Gasteiger partial charge in [-0.3, -0.25) is 9.59 Å². The highest BCUT2D eigenvalue weighted by molar-refractivity contribution is 6.05. The second-order valence-corrected chi connectivity index (χ2v) is 8.86. The zero-order valence-corrected chi connectivity index (χ0v) is 19.6. The molecular formula is C27H30N4O3. The zero-order valence-electron chi connectivity index (χ0n) is 19.6. The number of nitrogens with zero attached hydrogens (tertiary/aromatic N) is 1. The van der Waals surface area contributed by atoms with Crippen LogP contribution in [0.25, 0.3) is 0 Å². The molecule has 7 nitrogen and oxygen atoms in total. The van der Waals surface area contributed by atoms with Crippen LogP contribution < -0.4 is 16.5 Å². The minimum absolute atomic E-state index is 0.239. The van der Waals surface area contributed by atoms with Crippen LogP contribution in [0.1, 0.15) is 48.2 Å². The Kier molecular flexibility index (Phi) is 8.03. The molecule has 0 aromatic heterocycles. The highest BCUT2D eigenvalue weighted by Crippen LogP contribution is 2.26. The molecule has 3 aromatic rings. The van der Waals surface area contributed by atoms with Gasteiger partial charge in [-0.05, 0) is 68.7 Å². The number of nitrogens with two attached hydrogens (primary N) is 1. The van der Waals surface area contributed by atoms with Gasteiger partial charge >= 0.3 is 5.97 Å².